The summed E-state index contributed by atoms with van der Waals surface area (Å²) in [7, 11) is 0. The molecule has 0 aliphatic rings. The summed E-state index contributed by atoms with van der Waals surface area (Å²) in [5.41, 5.74) is -0.979. The summed E-state index contributed by atoms with van der Waals surface area (Å²) in [6, 6.07) is 5.02. The Morgan fingerprint density at radius 3 is 2.47 bits per heavy atom. The van der Waals surface area contributed by atoms with Crippen LogP contribution in [-0.2, 0) is 11.0 Å². The minimum Gasteiger partial charge on any atom is -0.326 e. The topological polar surface area (TPSA) is 29.1 Å². The van der Waals surface area contributed by atoms with Crippen LogP contribution in [0.15, 0.2) is 24.3 Å². The highest BCUT2D eigenvalue weighted by Crippen LogP contribution is 2.34. The summed E-state index contributed by atoms with van der Waals surface area (Å²) in [5, 5.41) is 2.34. The Balaban J connectivity index is 2.59. The summed E-state index contributed by atoms with van der Waals surface area (Å²) < 4.78 is 38.1. The highest BCUT2D eigenvalue weighted by atomic mass is 19.4. The number of rotatable bonds is 6. The van der Waals surface area contributed by atoms with Crippen molar-refractivity contribution < 1.29 is 18.0 Å². The number of carbonyl (C=O) groups excluding carboxylic acids is 1. The molecule has 0 saturated carbocycles. The number of amides is 1. The zero-order valence-electron chi connectivity index (χ0n) is 10.9. The molecule has 106 valence electrons. The molecule has 0 spiro atoms. The molecule has 0 heterocycles. The van der Waals surface area contributed by atoms with Gasteiger partial charge in [-0.25, -0.2) is 0 Å². The third-order valence-electron chi connectivity index (χ3n) is 2.76. The first-order chi connectivity index (χ1) is 8.95. The van der Waals surface area contributed by atoms with Crippen molar-refractivity contribution in [3.63, 3.8) is 0 Å². The van der Waals surface area contributed by atoms with Crippen LogP contribution in [0.4, 0.5) is 18.9 Å². The quantitative estimate of drug-likeness (QED) is 0.753. The van der Waals surface area contributed by atoms with Crippen LogP contribution in [-0.4, -0.2) is 5.91 Å². The lowest BCUT2D eigenvalue weighted by Gasteiger charge is -2.13. The fourth-order valence-electron chi connectivity index (χ4n) is 1.76. The Kier molecular flexibility index (Phi) is 5.86. The highest BCUT2D eigenvalue weighted by Gasteiger charge is 2.33. The van der Waals surface area contributed by atoms with E-state index in [1.165, 1.54) is 18.2 Å². The van der Waals surface area contributed by atoms with Crippen molar-refractivity contribution in [2.75, 3.05) is 5.32 Å². The van der Waals surface area contributed by atoms with Crippen molar-refractivity contribution in [2.45, 2.75) is 45.2 Å². The third kappa shape index (κ3) is 5.32. The molecule has 5 heteroatoms. The van der Waals surface area contributed by atoms with Crippen molar-refractivity contribution >= 4 is 11.6 Å². The van der Waals surface area contributed by atoms with E-state index in [-0.39, 0.29) is 18.0 Å². The monoisotopic (exact) mass is 273 g/mol. The minimum atomic E-state index is -4.45. The van der Waals surface area contributed by atoms with Gasteiger partial charge in [0.1, 0.15) is 0 Å². The highest BCUT2D eigenvalue weighted by molar-refractivity contribution is 5.91. The van der Waals surface area contributed by atoms with Crippen LogP contribution in [0.2, 0.25) is 0 Å². The normalized spacial score (nSPS) is 11.4. The van der Waals surface area contributed by atoms with Gasteiger partial charge in [0, 0.05) is 6.42 Å². The molecule has 1 N–H and O–H groups in total. The van der Waals surface area contributed by atoms with E-state index in [4.69, 9.17) is 0 Å². The van der Waals surface area contributed by atoms with Crippen molar-refractivity contribution in [3.05, 3.63) is 29.8 Å². The Hall–Kier alpha value is -1.52. The van der Waals surface area contributed by atoms with Gasteiger partial charge in [-0.15, -0.1) is 0 Å². The number of alkyl halides is 3. The van der Waals surface area contributed by atoms with E-state index < -0.39 is 11.7 Å². The average Bonchev–Trinajstić information content (AvgIpc) is 2.34. The number of hydrogen-bond donors (Lipinski definition) is 1. The molecular formula is C14H18F3NO. The van der Waals surface area contributed by atoms with Gasteiger partial charge in [0.25, 0.3) is 0 Å². The zero-order chi connectivity index (χ0) is 14.3. The van der Waals surface area contributed by atoms with E-state index in [0.717, 1.165) is 25.3 Å². The van der Waals surface area contributed by atoms with Crippen LogP contribution in [0.3, 0.4) is 0 Å². The second-order valence-electron chi connectivity index (χ2n) is 4.40. The maximum atomic E-state index is 12.7. The number of para-hydroxylation sites is 1. The number of benzene rings is 1. The lowest BCUT2D eigenvalue weighted by Crippen LogP contribution is -2.16. The fourth-order valence-corrected chi connectivity index (χ4v) is 1.76. The molecule has 0 radical (unpaired) electrons. The standard InChI is InChI=1S/C14H18F3NO/c1-2-3-4-5-10-13(19)18-12-9-7-6-8-11(12)14(15,16)17/h6-9H,2-5,10H2,1H3,(H,18,19). The average molecular weight is 273 g/mol. The maximum absolute atomic E-state index is 12.7. The summed E-state index contributed by atoms with van der Waals surface area (Å²) in [6.45, 7) is 2.06. The Labute approximate surface area is 111 Å². The Bertz CT molecular complexity index is 415. The molecular weight excluding hydrogens is 255 g/mol. The van der Waals surface area contributed by atoms with Gasteiger partial charge in [0.2, 0.25) is 5.91 Å². The summed E-state index contributed by atoms with van der Waals surface area (Å²) in [5.74, 6) is -0.368. The molecule has 19 heavy (non-hydrogen) atoms. The van der Waals surface area contributed by atoms with Gasteiger partial charge < -0.3 is 5.32 Å². The molecule has 0 atom stereocenters. The van der Waals surface area contributed by atoms with Gasteiger partial charge in [-0.05, 0) is 18.6 Å². The molecule has 0 bridgehead atoms. The van der Waals surface area contributed by atoms with Crippen LogP contribution in [0.25, 0.3) is 0 Å². The minimum absolute atomic E-state index is 0.171. The molecule has 2 nitrogen and oxygen atoms in total. The largest absolute Gasteiger partial charge is 0.418 e. The van der Waals surface area contributed by atoms with Gasteiger partial charge >= 0.3 is 6.18 Å². The van der Waals surface area contributed by atoms with E-state index >= 15 is 0 Å². The number of unbranched alkanes of at least 4 members (excludes halogenated alkanes) is 3. The van der Waals surface area contributed by atoms with Gasteiger partial charge in [0.05, 0.1) is 11.3 Å². The molecule has 0 fully saturated rings. The van der Waals surface area contributed by atoms with Crippen molar-refractivity contribution in [2.24, 2.45) is 0 Å². The van der Waals surface area contributed by atoms with Crippen molar-refractivity contribution in [1.29, 1.82) is 0 Å². The molecule has 1 rings (SSSR count). The second-order valence-corrected chi connectivity index (χ2v) is 4.40. The number of nitrogens with one attached hydrogen (secondary N) is 1. The number of halogens is 3. The number of carbonyl (C=O) groups is 1. The molecule has 1 amide bonds. The molecule has 1 aromatic carbocycles. The first-order valence-corrected chi connectivity index (χ1v) is 6.41. The van der Waals surface area contributed by atoms with Crippen LogP contribution in [0, 0.1) is 0 Å². The van der Waals surface area contributed by atoms with E-state index in [9.17, 15) is 18.0 Å². The van der Waals surface area contributed by atoms with Crippen molar-refractivity contribution in [1.82, 2.24) is 0 Å². The Morgan fingerprint density at radius 2 is 1.84 bits per heavy atom. The first kappa shape index (κ1) is 15.5. The van der Waals surface area contributed by atoms with Gasteiger partial charge in [-0.2, -0.15) is 13.2 Å². The molecule has 1 aromatic rings. The maximum Gasteiger partial charge on any atom is 0.418 e. The molecule has 0 unspecified atom stereocenters. The summed E-state index contributed by atoms with van der Waals surface area (Å²) >= 11 is 0. The van der Waals surface area contributed by atoms with Crippen LogP contribution in [0.5, 0.6) is 0 Å². The Morgan fingerprint density at radius 1 is 1.16 bits per heavy atom. The number of anilines is 1. The molecule has 0 aliphatic heterocycles. The number of hydrogen-bond acceptors (Lipinski definition) is 1. The van der Waals surface area contributed by atoms with Crippen LogP contribution in [0.1, 0.15) is 44.6 Å². The summed E-state index contributed by atoms with van der Waals surface area (Å²) in [4.78, 5) is 11.6. The van der Waals surface area contributed by atoms with Gasteiger partial charge in [0.15, 0.2) is 0 Å². The first-order valence-electron chi connectivity index (χ1n) is 6.41. The molecule has 0 aliphatic carbocycles. The smallest absolute Gasteiger partial charge is 0.326 e. The zero-order valence-corrected chi connectivity index (χ0v) is 10.9. The molecule has 0 saturated heterocycles. The van der Waals surface area contributed by atoms with E-state index in [1.807, 2.05) is 0 Å². The SMILES string of the molecule is CCCCCCC(=O)Nc1ccccc1C(F)(F)F. The van der Waals surface area contributed by atoms with E-state index in [0.29, 0.717) is 6.42 Å². The third-order valence-corrected chi connectivity index (χ3v) is 2.76. The van der Waals surface area contributed by atoms with E-state index in [2.05, 4.69) is 12.2 Å². The van der Waals surface area contributed by atoms with Gasteiger partial charge in [-0.1, -0.05) is 38.3 Å². The predicted molar refractivity (Wildman–Crippen MR) is 68.8 cm³/mol. The predicted octanol–water partition coefficient (Wildman–Crippen LogP) is 4.61. The molecule has 0 aromatic heterocycles. The van der Waals surface area contributed by atoms with Crippen molar-refractivity contribution in [3.8, 4) is 0 Å². The van der Waals surface area contributed by atoms with Gasteiger partial charge in [-0.3, -0.25) is 4.79 Å². The summed E-state index contributed by atoms with van der Waals surface area (Å²) in [6.07, 6.45) is -0.484. The lowest BCUT2D eigenvalue weighted by atomic mass is 10.1. The fraction of sp³-hybridized carbons (Fsp3) is 0.500. The second kappa shape index (κ2) is 7.16. The van der Waals surface area contributed by atoms with Crippen LogP contribution < -0.4 is 5.32 Å². The van der Waals surface area contributed by atoms with E-state index in [1.54, 1.807) is 0 Å². The lowest BCUT2D eigenvalue weighted by molar-refractivity contribution is -0.137. The van der Waals surface area contributed by atoms with Crippen LogP contribution >= 0.6 is 0 Å².